The van der Waals surface area contributed by atoms with E-state index in [0.29, 0.717) is 44.0 Å². The Kier molecular flexibility index (Phi) is 7.87. The van der Waals surface area contributed by atoms with Crippen molar-refractivity contribution in [1.82, 2.24) is 9.62 Å². The van der Waals surface area contributed by atoms with Crippen LogP contribution >= 0.6 is 11.8 Å². The number of nitrogens with zero attached hydrogens (tertiary/aromatic N) is 1. The third-order valence-corrected chi connectivity index (χ3v) is 7.74. The Morgan fingerprint density at radius 2 is 1.87 bits per heavy atom. The predicted molar refractivity (Wildman–Crippen MR) is 115 cm³/mol. The van der Waals surface area contributed by atoms with Gasteiger partial charge in [-0.05, 0) is 61.1 Å². The lowest BCUT2D eigenvalue weighted by Gasteiger charge is -2.26. The lowest BCUT2D eigenvalue weighted by Crippen LogP contribution is -2.40. The van der Waals surface area contributed by atoms with Gasteiger partial charge in [-0.15, -0.1) is 11.8 Å². The molecular weight excluding hydrogens is 427 g/mol. The molecule has 3 rings (SSSR count). The molecular formula is C21H25FN2O4S2. The molecule has 1 amide bonds. The van der Waals surface area contributed by atoms with Gasteiger partial charge in [0.15, 0.2) is 0 Å². The Bertz CT molecular complexity index is 975. The molecule has 1 fully saturated rings. The third-order valence-electron chi connectivity index (χ3n) is 4.75. The molecule has 0 saturated carbocycles. The summed E-state index contributed by atoms with van der Waals surface area (Å²) in [5.74, 6) is 0.217. The normalized spacial score (nSPS) is 15.1. The Morgan fingerprint density at radius 3 is 2.57 bits per heavy atom. The number of amides is 1. The summed E-state index contributed by atoms with van der Waals surface area (Å²) in [6, 6.07) is 10.9. The number of carbonyl (C=O) groups excluding carboxylic acids is 1. The van der Waals surface area contributed by atoms with Crippen molar-refractivity contribution in [2.75, 3.05) is 38.6 Å². The highest BCUT2D eigenvalue weighted by Crippen LogP contribution is 2.21. The first-order valence-electron chi connectivity index (χ1n) is 9.73. The fourth-order valence-corrected chi connectivity index (χ4v) is 5.32. The van der Waals surface area contributed by atoms with Crippen LogP contribution in [0, 0.1) is 12.7 Å². The highest BCUT2D eigenvalue weighted by molar-refractivity contribution is 7.99. The van der Waals surface area contributed by atoms with Crippen LogP contribution in [0.5, 0.6) is 0 Å². The molecule has 162 valence electrons. The molecule has 1 saturated heterocycles. The first kappa shape index (κ1) is 22.7. The molecule has 2 aromatic rings. The third kappa shape index (κ3) is 5.81. The van der Waals surface area contributed by atoms with E-state index >= 15 is 0 Å². The fraction of sp³-hybridized carbons (Fsp3) is 0.381. The van der Waals surface area contributed by atoms with Gasteiger partial charge >= 0.3 is 0 Å². The number of hydrogen-bond acceptors (Lipinski definition) is 5. The second-order valence-electron chi connectivity index (χ2n) is 6.91. The van der Waals surface area contributed by atoms with Gasteiger partial charge in [0, 0.05) is 30.1 Å². The molecule has 0 unspecified atom stereocenters. The molecule has 0 aromatic heterocycles. The minimum atomic E-state index is -3.65. The Balaban J connectivity index is 1.56. The van der Waals surface area contributed by atoms with Gasteiger partial charge < -0.3 is 10.1 Å². The van der Waals surface area contributed by atoms with Crippen molar-refractivity contribution >= 4 is 27.7 Å². The number of aryl methyl sites for hydroxylation is 1. The number of morpholine rings is 1. The maximum Gasteiger partial charge on any atom is 0.251 e. The van der Waals surface area contributed by atoms with Crippen LogP contribution in [0.3, 0.4) is 0 Å². The molecule has 6 nitrogen and oxygen atoms in total. The van der Waals surface area contributed by atoms with E-state index in [1.165, 1.54) is 28.6 Å². The maximum absolute atomic E-state index is 12.9. The molecule has 0 aliphatic carbocycles. The van der Waals surface area contributed by atoms with Crippen molar-refractivity contribution in [3.8, 4) is 0 Å². The molecule has 9 heteroatoms. The van der Waals surface area contributed by atoms with E-state index in [1.807, 2.05) is 0 Å². The average Bonchev–Trinajstić information content (AvgIpc) is 2.75. The maximum atomic E-state index is 12.9. The molecule has 1 heterocycles. The summed E-state index contributed by atoms with van der Waals surface area (Å²) in [7, 11) is -3.65. The fourth-order valence-electron chi connectivity index (χ4n) is 3.03. The first-order chi connectivity index (χ1) is 14.4. The second-order valence-corrected chi connectivity index (χ2v) is 10.0. The molecule has 2 aromatic carbocycles. The Labute approximate surface area is 180 Å². The summed E-state index contributed by atoms with van der Waals surface area (Å²) in [5.41, 5.74) is 1.07. The molecule has 30 heavy (non-hydrogen) atoms. The molecule has 0 radical (unpaired) electrons. The van der Waals surface area contributed by atoms with Gasteiger partial charge in [0.2, 0.25) is 10.0 Å². The van der Waals surface area contributed by atoms with Crippen LogP contribution in [0.4, 0.5) is 4.39 Å². The largest absolute Gasteiger partial charge is 0.379 e. The van der Waals surface area contributed by atoms with Crippen LogP contribution < -0.4 is 5.32 Å². The first-order valence-corrected chi connectivity index (χ1v) is 12.2. The number of ether oxygens (including phenoxy) is 1. The number of hydrogen-bond donors (Lipinski definition) is 1. The monoisotopic (exact) mass is 452 g/mol. The zero-order chi connectivity index (χ0) is 21.6. The molecule has 0 spiro atoms. The number of thioether (sulfide) groups is 1. The van der Waals surface area contributed by atoms with E-state index in [2.05, 4.69) is 5.32 Å². The van der Waals surface area contributed by atoms with E-state index in [9.17, 15) is 17.6 Å². The highest BCUT2D eigenvalue weighted by atomic mass is 32.2. The van der Waals surface area contributed by atoms with Crippen molar-refractivity contribution < 1.29 is 22.3 Å². The van der Waals surface area contributed by atoms with Gasteiger partial charge in [-0.2, -0.15) is 4.31 Å². The van der Waals surface area contributed by atoms with Crippen LogP contribution in [0.2, 0.25) is 0 Å². The van der Waals surface area contributed by atoms with Crippen molar-refractivity contribution in [3.05, 3.63) is 59.4 Å². The quantitative estimate of drug-likeness (QED) is 0.492. The molecule has 0 bridgehead atoms. The standard InChI is InChI=1S/C21H25FN2O4S2/c1-16-3-8-19(30(26,27)24-10-12-28-13-11-24)15-20(16)21(25)23-9-2-14-29-18-6-4-17(22)5-7-18/h3-8,15H,2,9-14H2,1H3,(H,23,25). The number of benzene rings is 2. The van der Waals surface area contributed by atoms with Crippen molar-refractivity contribution in [2.45, 2.75) is 23.1 Å². The number of rotatable bonds is 8. The SMILES string of the molecule is Cc1ccc(S(=O)(=O)N2CCOCC2)cc1C(=O)NCCCSc1ccc(F)cc1. The van der Waals surface area contributed by atoms with Crippen LogP contribution in [0.15, 0.2) is 52.3 Å². The molecule has 1 N–H and O–H groups in total. The summed E-state index contributed by atoms with van der Waals surface area (Å²) in [4.78, 5) is 13.7. The summed E-state index contributed by atoms with van der Waals surface area (Å²) >= 11 is 1.59. The van der Waals surface area contributed by atoms with Crippen LogP contribution in [-0.2, 0) is 14.8 Å². The smallest absolute Gasteiger partial charge is 0.251 e. The topological polar surface area (TPSA) is 75.7 Å². The predicted octanol–water partition coefficient (Wildman–Crippen LogP) is 3.07. The number of sulfonamides is 1. The second kappa shape index (κ2) is 10.4. The van der Waals surface area contributed by atoms with Crippen molar-refractivity contribution in [2.24, 2.45) is 0 Å². The zero-order valence-electron chi connectivity index (χ0n) is 16.8. The Hall–Kier alpha value is -1.94. The van der Waals surface area contributed by atoms with Gasteiger partial charge in [0.05, 0.1) is 18.1 Å². The molecule has 0 atom stereocenters. The van der Waals surface area contributed by atoms with Gasteiger partial charge in [-0.1, -0.05) is 6.07 Å². The van der Waals surface area contributed by atoms with Gasteiger partial charge in [-0.25, -0.2) is 12.8 Å². The zero-order valence-corrected chi connectivity index (χ0v) is 18.4. The summed E-state index contributed by atoms with van der Waals surface area (Å²) in [6.07, 6.45) is 0.735. The minimum absolute atomic E-state index is 0.118. The van der Waals surface area contributed by atoms with Crippen molar-refractivity contribution in [3.63, 3.8) is 0 Å². The van der Waals surface area contributed by atoms with E-state index in [-0.39, 0.29) is 16.6 Å². The van der Waals surface area contributed by atoms with Crippen LogP contribution in [-0.4, -0.2) is 57.2 Å². The Morgan fingerprint density at radius 1 is 1.17 bits per heavy atom. The van der Waals surface area contributed by atoms with E-state index in [0.717, 1.165) is 17.1 Å². The van der Waals surface area contributed by atoms with E-state index in [4.69, 9.17) is 4.74 Å². The van der Waals surface area contributed by atoms with Gasteiger partial charge in [-0.3, -0.25) is 4.79 Å². The average molecular weight is 453 g/mol. The van der Waals surface area contributed by atoms with E-state index in [1.54, 1.807) is 36.9 Å². The summed E-state index contributed by atoms with van der Waals surface area (Å²) < 4.78 is 45.2. The van der Waals surface area contributed by atoms with E-state index < -0.39 is 10.0 Å². The number of nitrogens with one attached hydrogen (secondary N) is 1. The van der Waals surface area contributed by atoms with Gasteiger partial charge in [0.1, 0.15) is 5.82 Å². The lowest BCUT2D eigenvalue weighted by molar-refractivity contribution is 0.0730. The summed E-state index contributed by atoms with van der Waals surface area (Å²) in [6.45, 7) is 3.60. The number of carbonyl (C=O) groups is 1. The molecule has 1 aliphatic rings. The van der Waals surface area contributed by atoms with Crippen LogP contribution in [0.25, 0.3) is 0 Å². The minimum Gasteiger partial charge on any atom is -0.379 e. The van der Waals surface area contributed by atoms with Crippen LogP contribution in [0.1, 0.15) is 22.3 Å². The molecule has 1 aliphatic heterocycles. The van der Waals surface area contributed by atoms with Crippen molar-refractivity contribution in [1.29, 1.82) is 0 Å². The van der Waals surface area contributed by atoms with Gasteiger partial charge in [0.25, 0.3) is 5.91 Å². The number of halogens is 1. The summed E-state index contributed by atoms with van der Waals surface area (Å²) in [5, 5.41) is 2.85. The highest BCUT2D eigenvalue weighted by Gasteiger charge is 2.27. The lowest BCUT2D eigenvalue weighted by atomic mass is 10.1.